The van der Waals surface area contributed by atoms with Gasteiger partial charge in [-0.3, -0.25) is 0 Å². The molecule has 0 heterocycles. The first-order valence-electron chi connectivity index (χ1n) is 17.6. The third-order valence-corrected chi connectivity index (χ3v) is 8.49. The van der Waals surface area contributed by atoms with E-state index in [0.717, 1.165) is 19.5 Å². The smallest absolute Gasteiger partial charge is 0.550 e. The number of hydrogen-bond acceptors (Lipinski definition) is 3. The molecule has 0 N–H and O–H groups in total. The summed E-state index contributed by atoms with van der Waals surface area (Å²) in [5, 5.41) is 11.3. The first-order chi connectivity index (χ1) is 18.7. The second-order valence-corrected chi connectivity index (χ2v) is 12.2. The number of nitrogens with zero attached hydrogens (tertiary/aromatic N) is 1. The second-order valence-electron chi connectivity index (χ2n) is 12.2. The fourth-order valence-electron chi connectivity index (χ4n) is 5.87. The number of carboxylic acid groups (broad SMARTS) is 1. The van der Waals surface area contributed by atoms with E-state index >= 15 is 0 Å². The van der Waals surface area contributed by atoms with Crippen LogP contribution in [0.3, 0.4) is 0 Å². The number of rotatable bonds is 32. The van der Waals surface area contributed by atoms with Crippen molar-refractivity contribution in [3.05, 3.63) is 0 Å². The van der Waals surface area contributed by atoms with E-state index in [4.69, 9.17) is 0 Å². The van der Waals surface area contributed by atoms with E-state index in [0.29, 0.717) is 0 Å². The van der Waals surface area contributed by atoms with E-state index in [1.165, 1.54) is 167 Å². The van der Waals surface area contributed by atoms with Crippen LogP contribution in [-0.2, 0) is 4.79 Å². The van der Waals surface area contributed by atoms with Crippen molar-refractivity contribution < 1.29 is 39.5 Å². The Morgan fingerprint density at radius 2 is 0.744 bits per heavy atom. The zero-order valence-electron chi connectivity index (χ0n) is 27.6. The van der Waals surface area contributed by atoms with Gasteiger partial charge in [0.15, 0.2) is 0 Å². The van der Waals surface area contributed by atoms with Gasteiger partial charge in [0.2, 0.25) is 0 Å². The summed E-state index contributed by atoms with van der Waals surface area (Å²) in [4.78, 5) is 13.8. The van der Waals surface area contributed by atoms with Crippen molar-refractivity contribution in [2.45, 2.75) is 207 Å². The molecule has 0 aliphatic rings. The Morgan fingerprint density at radius 1 is 0.487 bits per heavy atom. The maximum Gasteiger partial charge on any atom is 1.00 e. The third-order valence-electron chi connectivity index (χ3n) is 8.49. The molecular weight excluding hydrogens is 489 g/mol. The number of unbranched alkanes of at least 4 members (excludes halogenated alkanes) is 24. The minimum atomic E-state index is -0.891. The van der Waals surface area contributed by atoms with E-state index in [1.54, 1.807) is 0 Å². The van der Waals surface area contributed by atoms with Gasteiger partial charge < -0.3 is 14.8 Å². The van der Waals surface area contributed by atoms with Gasteiger partial charge in [0, 0.05) is 18.4 Å². The van der Waals surface area contributed by atoms with Crippen LogP contribution in [0.2, 0.25) is 0 Å². The van der Waals surface area contributed by atoms with Crippen LogP contribution in [0.1, 0.15) is 201 Å². The Bertz CT molecular complexity index is 444. The maximum absolute atomic E-state index is 11.3. The van der Waals surface area contributed by atoms with Crippen molar-refractivity contribution in [3.63, 3.8) is 0 Å². The molecule has 0 aliphatic heterocycles. The van der Waals surface area contributed by atoms with Crippen LogP contribution in [-0.4, -0.2) is 30.0 Å². The zero-order valence-corrected chi connectivity index (χ0v) is 29.6. The first kappa shape index (κ1) is 41.6. The molecule has 0 aromatic rings. The standard InChI is InChI=1S/C35H71NO2.Na/c1-4-7-9-11-13-15-17-19-21-23-25-27-29-31-36(34(6-3)33-35(37)38)32-30-28-26-24-22-20-18-16-14-12-10-8-5-2;/h34H,4-33H2,1-3H3,(H,37,38);/q;+1/p-1. The average Bonchev–Trinajstić information content (AvgIpc) is 2.91. The summed E-state index contributed by atoms with van der Waals surface area (Å²) >= 11 is 0. The average molecular weight is 560 g/mol. The maximum atomic E-state index is 11.3. The van der Waals surface area contributed by atoms with Crippen LogP contribution in [0.25, 0.3) is 0 Å². The summed E-state index contributed by atoms with van der Waals surface area (Å²) < 4.78 is 0. The normalized spacial score (nSPS) is 12.1. The molecule has 0 bridgehead atoms. The third kappa shape index (κ3) is 31.2. The largest absolute Gasteiger partial charge is 1.00 e. The molecule has 0 saturated heterocycles. The van der Waals surface area contributed by atoms with E-state index in [-0.39, 0.29) is 42.0 Å². The quantitative estimate of drug-likeness (QED) is 0.0637. The predicted octanol–water partition coefficient (Wildman–Crippen LogP) is 7.39. The molecule has 0 aromatic heterocycles. The van der Waals surface area contributed by atoms with Crippen LogP contribution in [0, 0.1) is 0 Å². The van der Waals surface area contributed by atoms with Crippen LogP contribution < -0.4 is 34.7 Å². The SMILES string of the molecule is CCCCCCCCCCCCCCCN(CCCCCCCCCCCCCCC)C(CC)CC(=O)[O-].[Na+]. The van der Waals surface area contributed by atoms with Crippen LogP contribution in [0.5, 0.6) is 0 Å². The summed E-state index contributed by atoms with van der Waals surface area (Å²) in [7, 11) is 0. The minimum absolute atomic E-state index is 0. The predicted molar refractivity (Wildman–Crippen MR) is 167 cm³/mol. The van der Waals surface area contributed by atoms with Gasteiger partial charge in [0.1, 0.15) is 0 Å². The second kappa shape index (κ2) is 34.6. The molecule has 0 aromatic carbocycles. The summed E-state index contributed by atoms with van der Waals surface area (Å²) in [6.45, 7) is 8.82. The van der Waals surface area contributed by atoms with Crippen LogP contribution >= 0.6 is 0 Å². The molecule has 0 aliphatic carbocycles. The molecular formula is C35H70NNaO2. The molecule has 0 rings (SSSR count). The Hall–Kier alpha value is 0.430. The van der Waals surface area contributed by atoms with E-state index in [2.05, 4.69) is 25.7 Å². The molecule has 0 saturated carbocycles. The van der Waals surface area contributed by atoms with Gasteiger partial charge >= 0.3 is 29.6 Å². The fourth-order valence-corrected chi connectivity index (χ4v) is 5.87. The summed E-state index contributed by atoms with van der Waals surface area (Å²) in [5.74, 6) is -0.891. The van der Waals surface area contributed by atoms with E-state index in [1.807, 2.05) is 0 Å². The molecule has 39 heavy (non-hydrogen) atoms. The zero-order chi connectivity index (χ0) is 27.9. The van der Waals surface area contributed by atoms with Crippen molar-refractivity contribution in [2.75, 3.05) is 13.1 Å². The molecule has 1 atom stereocenters. The first-order valence-corrected chi connectivity index (χ1v) is 17.6. The molecule has 1 unspecified atom stereocenters. The number of carbonyl (C=O) groups is 1. The molecule has 4 heteroatoms. The molecule has 0 amide bonds. The van der Waals surface area contributed by atoms with E-state index < -0.39 is 5.97 Å². The fraction of sp³-hybridized carbons (Fsp3) is 0.971. The van der Waals surface area contributed by atoms with Gasteiger partial charge in [0.05, 0.1) is 0 Å². The Kier molecular flexibility index (Phi) is 36.9. The number of carboxylic acids is 1. The van der Waals surface area contributed by atoms with E-state index in [9.17, 15) is 9.90 Å². The van der Waals surface area contributed by atoms with Gasteiger partial charge in [0.25, 0.3) is 0 Å². The minimum Gasteiger partial charge on any atom is -0.550 e. The van der Waals surface area contributed by atoms with Gasteiger partial charge in [-0.15, -0.1) is 0 Å². The Labute approximate surface area is 268 Å². The monoisotopic (exact) mass is 560 g/mol. The van der Waals surface area contributed by atoms with Crippen LogP contribution in [0.4, 0.5) is 0 Å². The molecule has 3 nitrogen and oxygen atoms in total. The van der Waals surface area contributed by atoms with Gasteiger partial charge in [-0.2, -0.15) is 0 Å². The number of hydrogen-bond donors (Lipinski definition) is 0. The molecule has 228 valence electrons. The van der Waals surface area contributed by atoms with Crippen molar-refractivity contribution >= 4 is 5.97 Å². The molecule has 0 fully saturated rings. The van der Waals surface area contributed by atoms with Gasteiger partial charge in [-0.25, -0.2) is 0 Å². The molecule has 0 radical (unpaired) electrons. The summed E-state index contributed by atoms with van der Waals surface area (Å²) in [5.41, 5.74) is 0. The topological polar surface area (TPSA) is 43.4 Å². The van der Waals surface area contributed by atoms with Crippen LogP contribution in [0.15, 0.2) is 0 Å². The number of carbonyl (C=O) groups excluding carboxylic acids is 1. The Balaban J connectivity index is 0. The van der Waals surface area contributed by atoms with Crippen molar-refractivity contribution in [1.29, 1.82) is 0 Å². The summed E-state index contributed by atoms with van der Waals surface area (Å²) in [6.07, 6.45) is 36.8. The number of aliphatic carboxylic acids is 1. The van der Waals surface area contributed by atoms with Crippen molar-refractivity contribution in [1.82, 2.24) is 4.90 Å². The van der Waals surface area contributed by atoms with Crippen molar-refractivity contribution in [2.24, 2.45) is 0 Å². The Morgan fingerprint density at radius 3 is 0.974 bits per heavy atom. The molecule has 0 spiro atoms. The summed E-state index contributed by atoms with van der Waals surface area (Å²) in [6, 6.07) is 0.148. The van der Waals surface area contributed by atoms with Gasteiger partial charge in [-0.1, -0.05) is 175 Å². The van der Waals surface area contributed by atoms with Gasteiger partial charge in [-0.05, 0) is 32.4 Å². The van der Waals surface area contributed by atoms with Crippen molar-refractivity contribution in [3.8, 4) is 0 Å².